The van der Waals surface area contributed by atoms with E-state index < -0.39 is 5.82 Å². The predicted octanol–water partition coefficient (Wildman–Crippen LogP) is 1.35. The van der Waals surface area contributed by atoms with Crippen LogP contribution in [0.15, 0.2) is 24.5 Å². The lowest BCUT2D eigenvalue weighted by Crippen LogP contribution is -2.48. The van der Waals surface area contributed by atoms with E-state index in [-0.39, 0.29) is 17.5 Å². The number of pyridine rings is 1. The van der Waals surface area contributed by atoms with Gasteiger partial charge in [-0.15, -0.1) is 14.8 Å². The zero-order valence-electron chi connectivity index (χ0n) is 15.3. The van der Waals surface area contributed by atoms with Crippen LogP contribution in [0.4, 0.5) is 10.2 Å². The van der Waals surface area contributed by atoms with Crippen LogP contribution >= 0.6 is 0 Å². The van der Waals surface area contributed by atoms with Gasteiger partial charge in [-0.3, -0.25) is 4.79 Å². The Morgan fingerprint density at radius 3 is 2.75 bits per heavy atom. The van der Waals surface area contributed by atoms with E-state index in [1.165, 1.54) is 10.7 Å². The second kappa shape index (κ2) is 6.06. The summed E-state index contributed by atoms with van der Waals surface area (Å²) in [6, 6.07) is 3.22. The van der Waals surface area contributed by atoms with Crippen LogP contribution < -0.4 is 10.6 Å². The van der Waals surface area contributed by atoms with Crippen molar-refractivity contribution < 1.29 is 9.18 Å². The van der Waals surface area contributed by atoms with Crippen molar-refractivity contribution in [2.75, 3.05) is 18.4 Å². The third kappa shape index (κ3) is 2.69. The van der Waals surface area contributed by atoms with Gasteiger partial charge >= 0.3 is 0 Å². The maximum absolute atomic E-state index is 14.7. The number of nitrogens with one attached hydrogen (secondary N) is 2. The van der Waals surface area contributed by atoms with Crippen molar-refractivity contribution in [2.24, 2.45) is 5.92 Å². The smallest absolute Gasteiger partial charge is 0.231 e. The number of anilines is 1. The molecule has 0 saturated carbocycles. The van der Waals surface area contributed by atoms with Crippen LogP contribution in [0.1, 0.15) is 11.4 Å². The Balaban J connectivity index is 1.54. The summed E-state index contributed by atoms with van der Waals surface area (Å²) in [6.07, 6.45) is 3.32. The Kier molecular flexibility index (Phi) is 3.63. The lowest BCUT2D eigenvalue weighted by atomic mass is 10.0. The van der Waals surface area contributed by atoms with Crippen LogP contribution in [-0.4, -0.2) is 48.2 Å². The summed E-state index contributed by atoms with van der Waals surface area (Å²) in [5.74, 6) is 0.241. The summed E-state index contributed by atoms with van der Waals surface area (Å²) in [7, 11) is 0. The molecule has 1 saturated heterocycles. The zero-order chi connectivity index (χ0) is 19.4. The number of aryl methyl sites for hydroxylation is 2. The van der Waals surface area contributed by atoms with Crippen molar-refractivity contribution in [2.45, 2.75) is 13.8 Å². The number of nitrogens with zero attached hydrogens (tertiary/aromatic N) is 6. The molecule has 10 heteroatoms. The fourth-order valence-corrected chi connectivity index (χ4v) is 3.22. The molecule has 0 bridgehead atoms. The fraction of sp³-hybridized carbons (Fsp3) is 0.278. The Morgan fingerprint density at radius 1 is 1.18 bits per heavy atom. The van der Waals surface area contributed by atoms with E-state index >= 15 is 0 Å². The van der Waals surface area contributed by atoms with Gasteiger partial charge < -0.3 is 15.0 Å². The Bertz CT molecular complexity index is 1240. The number of rotatable bonds is 3. The molecule has 0 radical (unpaired) electrons. The molecule has 4 aromatic rings. The van der Waals surface area contributed by atoms with Crippen LogP contribution in [0.2, 0.25) is 0 Å². The standard InChI is InChI=1S/C18H17FN8O/c1-9-3-14(25-27-16(9)21-10(2)24-27)11-4-13(19)17-22-15(8-26(17)7-11)23-18(28)12-5-20-6-12/h3-4,7-8,12,20H,5-6H2,1-2H3,(H,23,28). The molecule has 0 unspecified atom stereocenters. The zero-order valence-corrected chi connectivity index (χ0v) is 15.3. The van der Waals surface area contributed by atoms with Crippen LogP contribution in [0.5, 0.6) is 0 Å². The van der Waals surface area contributed by atoms with Crippen LogP contribution in [0.3, 0.4) is 0 Å². The maximum atomic E-state index is 14.7. The number of halogens is 1. The molecule has 1 amide bonds. The van der Waals surface area contributed by atoms with Gasteiger partial charge in [0.25, 0.3) is 0 Å². The van der Waals surface area contributed by atoms with Crippen LogP contribution in [-0.2, 0) is 4.79 Å². The van der Waals surface area contributed by atoms with Crippen molar-refractivity contribution in [1.82, 2.24) is 34.5 Å². The molecule has 0 aromatic carbocycles. The number of hydrogen-bond acceptors (Lipinski definition) is 6. The van der Waals surface area contributed by atoms with Crippen molar-refractivity contribution >= 4 is 23.0 Å². The Morgan fingerprint density at radius 2 is 2.00 bits per heavy atom. The van der Waals surface area contributed by atoms with Gasteiger partial charge in [0.15, 0.2) is 22.9 Å². The largest absolute Gasteiger partial charge is 0.315 e. The molecule has 5 rings (SSSR count). The lowest BCUT2D eigenvalue weighted by Gasteiger charge is -2.25. The summed E-state index contributed by atoms with van der Waals surface area (Å²) in [5, 5.41) is 14.5. The normalized spacial score (nSPS) is 14.5. The second-order valence-corrected chi connectivity index (χ2v) is 6.96. The van der Waals surface area contributed by atoms with Crippen LogP contribution in [0, 0.1) is 25.6 Å². The fourth-order valence-electron chi connectivity index (χ4n) is 3.22. The van der Waals surface area contributed by atoms with Gasteiger partial charge in [-0.2, -0.15) is 0 Å². The first kappa shape index (κ1) is 16.8. The van der Waals surface area contributed by atoms with E-state index in [1.807, 2.05) is 13.0 Å². The quantitative estimate of drug-likeness (QED) is 0.556. The first-order chi connectivity index (χ1) is 13.5. The minimum absolute atomic E-state index is 0.0738. The van der Waals surface area contributed by atoms with Gasteiger partial charge in [-0.1, -0.05) is 0 Å². The summed E-state index contributed by atoms with van der Waals surface area (Å²) in [4.78, 5) is 20.6. The molecule has 1 aliphatic rings. The summed E-state index contributed by atoms with van der Waals surface area (Å²) < 4.78 is 17.7. The minimum atomic E-state index is -0.502. The predicted molar refractivity (Wildman–Crippen MR) is 99.4 cm³/mol. The van der Waals surface area contributed by atoms with Crippen molar-refractivity contribution in [3.8, 4) is 11.3 Å². The van der Waals surface area contributed by atoms with Gasteiger partial charge in [0.1, 0.15) is 5.82 Å². The van der Waals surface area contributed by atoms with Gasteiger partial charge in [0, 0.05) is 24.8 Å². The minimum Gasteiger partial charge on any atom is -0.315 e. The number of aromatic nitrogens is 6. The molecule has 142 valence electrons. The summed E-state index contributed by atoms with van der Waals surface area (Å²) in [5.41, 5.74) is 2.83. The molecular weight excluding hydrogens is 363 g/mol. The highest BCUT2D eigenvalue weighted by molar-refractivity contribution is 5.92. The van der Waals surface area contributed by atoms with Gasteiger partial charge in [-0.05, 0) is 31.5 Å². The molecular formula is C18H17FN8O. The second-order valence-electron chi connectivity index (χ2n) is 6.96. The molecule has 0 spiro atoms. The maximum Gasteiger partial charge on any atom is 0.231 e. The number of carbonyl (C=O) groups excluding carboxylic acids is 1. The molecule has 5 heterocycles. The highest BCUT2D eigenvalue weighted by atomic mass is 19.1. The average molecular weight is 380 g/mol. The van der Waals surface area contributed by atoms with Gasteiger partial charge in [-0.25, -0.2) is 14.4 Å². The van der Waals surface area contributed by atoms with Crippen molar-refractivity contribution in [3.05, 3.63) is 41.7 Å². The molecule has 28 heavy (non-hydrogen) atoms. The summed E-state index contributed by atoms with van der Waals surface area (Å²) >= 11 is 0. The Labute approximate surface area is 158 Å². The molecule has 1 aliphatic heterocycles. The van der Waals surface area contributed by atoms with E-state index in [0.717, 1.165) is 5.56 Å². The van der Waals surface area contributed by atoms with Crippen LogP contribution in [0.25, 0.3) is 22.6 Å². The highest BCUT2D eigenvalue weighted by Gasteiger charge is 2.25. The molecule has 0 atom stereocenters. The number of imidazole rings is 1. The highest BCUT2D eigenvalue weighted by Crippen LogP contribution is 2.24. The third-order valence-corrected chi connectivity index (χ3v) is 4.81. The van der Waals surface area contributed by atoms with E-state index in [9.17, 15) is 9.18 Å². The Hall–Kier alpha value is -3.40. The first-order valence-electron chi connectivity index (χ1n) is 8.89. The molecule has 2 N–H and O–H groups in total. The average Bonchev–Trinajstić information content (AvgIpc) is 3.15. The number of hydrogen-bond donors (Lipinski definition) is 2. The van der Waals surface area contributed by atoms with E-state index in [1.54, 1.807) is 23.7 Å². The third-order valence-electron chi connectivity index (χ3n) is 4.81. The summed E-state index contributed by atoms with van der Waals surface area (Å²) in [6.45, 7) is 4.99. The van der Waals surface area contributed by atoms with Crippen molar-refractivity contribution in [3.63, 3.8) is 0 Å². The lowest BCUT2D eigenvalue weighted by molar-refractivity contribution is -0.121. The number of amides is 1. The van der Waals surface area contributed by atoms with E-state index in [4.69, 9.17) is 0 Å². The topological polar surface area (TPSA) is 102 Å². The van der Waals surface area contributed by atoms with Crippen molar-refractivity contribution in [1.29, 1.82) is 0 Å². The molecule has 0 aliphatic carbocycles. The SMILES string of the molecule is Cc1nc2c(C)cc(-c3cc(F)c4nc(NC(=O)C5CNC5)cn4c3)nn2n1. The van der Waals surface area contributed by atoms with Gasteiger partial charge in [0.2, 0.25) is 5.91 Å². The molecule has 9 nitrogen and oxygen atoms in total. The number of fused-ring (bicyclic) bond motifs is 2. The van der Waals surface area contributed by atoms with E-state index in [0.29, 0.717) is 41.6 Å². The molecule has 1 fully saturated rings. The number of carbonyl (C=O) groups is 1. The first-order valence-corrected chi connectivity index (χ1v) is 8.89. The monoisotopic (exact) mass is 380 g/mol. The van der Waals surface area contributed by atoms with Gasteiger partial charge in [0.05, 0.1) is 17.8 Å². The molecule has 4 aromatic heterocycles. The van der Waals surface area contributed by atoms with E-state index in [2.05, 4.69) is 30.8 Å².